The smallest absolute Gasteiger partial charge is 0.339 e. The molecule has 0 spiro atoms. The lowest BCUT2D eigenvalue weighted by molar-refractivity contribution is 0.0450. The van der Waals surface area contributed by atoms with Crippen molar-refractivity contribution < 1.29 is 19.1 Å². The molecule has 0 aliphatic carbocycles. The monoisotopic (exact) mass is 489 g/mol. The Morgan fingerprint density at radius 3 is 1.46 bits per heavy atom. The maximum Gasteiger partial charge on any atom is 0.339 e. The number of carbonyl (C=O) groups excluding carboxylic acids is 2. The summed E-state index contributed by atoms with van der Waals surface area (Å²) in [5.41, 5.74) is 0.586. The maximum absolute atomic E-state index is 12.4. The topological polar surface area (TPSA) is 64.6 Å². The molecule has 1 fully saturated rings. The maximum atomic E-state index is 12.4. The van der Waals surface area contributed by atoms with Crippen LogP contribution < -0.4 is 5.32 Å². The van der Waals surface area contributed by atoms with Gasteiger partial charge in [-0.25, -0.2) is 9.59 Å². The van der Waals surface area contributed by atoms with Crippen LogP contribution in [0.2, 0.25) is 0 Å². The molecule has 1 heterocycles. The Labute approximate surface area is 214 Å². The first-order chi connectivity index (χ1) is 17.2. The molecular weight excluding hydrogens is 438 g/mol. The highest BCUT2D eigenvalue weighted by Crippen LogP contribution is 2.14. The van der Waals surface area contributed by atoms with Gasteiger partial charge >= 0.3 is 11.9 Å². The van der Waals surface area contributed by atoms with Crippen molar-refractivity contribution in [3.63, 3.8) is 0 Å². The highest BCUT2D eigenvalue weighted by atomic mass is 16.5. The van der Waals surface area contributed by atoms with Crippen LogP contribution >= 0.6 is 0 Å². The summed E-state index contributed by atoms with van der Waals surface area (Å²) in [5, 5.41) is 3.35. The van der Waals surface area contributed by atoms with Crippen LogP contribution in [0.15, 0.2) is 24.3 Å². The number of carbonyl (C=O) groups is 2. The number of esters is 2. The molecule has 0 atom stereocenters. The fraction of sp³-hybridized carbons (Fsp3) is 0.733. The Kier molecular flexibility index (Phi) is 20.1. The number of ether oxygens (including phenoxy) is 2. The molecule has 2 rings (SSSR count). The van der Waals surface area contributed by atoms with E-state index in [9.17, 15) is 9.59 Å². The van der Waals surface area contributed by atoms with Gasteiger partial charge in [-0.1, -0.05) is 103 Å². The van der Waals surface area contributed by atoms with Crippen LogP contribution in [0, 0.1) is 0 Å². The van der Waals surface area contributed by atoms with Gasteiger partial charge in [0.1, 0.15) is 0 Å². The molecule has 0 bridgehead atoms. The first kappa shape index (κ1) is 31.2. The van der Waals surface area contributed by atoms with Crippen molar-refractivity contribution in [1.29, 1.82) is 0 Å². The van der Waals surface area contributed by atoms with Gasteiger partial charge in [0.05, 0.1) is 24.3 Å². The Morgan fingerprint density at radius 1 is 0.629 bits per heavy atom. The van der Waals surface area contributed by atoms with E-state index in [-0.39, 0.29) is 0 Å². The summed E-state index contributed by atoms with van der Waals surface area (Å²) >= 11 is 0. The average Bonchev–Trinajstić information content (AvgIpc) is 3.21. The summed E-state index contributed by atoms with van der Waals surface area (Å²) in [7, 11) is 0. The Hall–Kier alpha value is -1.88. The molecule has 1 aromatic rings. The number of hydrogen-bond acceptors (Lipinski definition) is 5. The molecule has 5 heteroatoms. The highest BCUT2D eigenvalue weighted by Gasteiger charge is 2.18. The lowest BCUT2D eigenvalue weighted by Gasteiger charge is -2.10. The van der Waals surface area contributed by atoms with Crippen molar-refractivity contribution in [2.24, 2.45) is 0 Å². The zero-order chi connectivity index (χ0) is 25.4. The minimum Gasteiger partial charge on any atom is -0.462 e. The Balaban J connectivity index is 0.000000744. The minimum atomic E-state index is -0.444. The van der Waals surface area contributed by atoms with Gasteiger partial charge < -0.3 is 14.8 Å². The van der Waals surface area contributed by atoms with Crippen LogP contribution in [-0.4, -0.2) is 38.2 Å². The molecule has 0 unspecified atom stereocenters. The van der Waals surface area contributed by atoms with Gasteiger partial charge in [-0.15, -0.1) is 0 Å². The van der Waals surface area contributed by atoms with E-state index in [0.29, 0.717) is 24.3 Å². The molecule has 5 nitrogen and oxygen atoms in total. The Bertz CT molecular complexity index is 593. The molecule has 0 radical (unpaired) electrons. The number of unbranched alkanes of at least 4 members (excludes halogenated alkanes) is 10. The summed E-state index contributed by atoms with van der Waals surface area (Å²) < 4.78 is 10.7. The second-order valence-electron chi connectivity index (χ2n) is 9.52. The van der Waals surface area contributed by atoms with Gasteiger partial charge in [0.15, 0.2) is 0 Å². The van der Waals surface area contributed by atoms with E-state index in [1.165, 1.54) is 90.1 Å². The molecular formula is C30H51NO4. The number of benzene rings is 1. The van der Waals surface area contributed by atoms with E-state index >= 15 is 0 Å². The minimum absolute atomic E-state index is 0.293. The Morgan fingerprint density at radius 2 is 1.03 bits per heavy atom. The van der Waals surface area contributed by atoms with Crippen LogP contribution in [0.1, 0.15) is 137 Å². The van der Waals surface area contributed by atoms with Crippen LogP contribution in [0.4, 0.5) is 0 Å². The molecule has 0 aromatic heterocycles. The van der Waals surface area contributed by atoms with E-state index in [1.54, 1.807) is 24.3 Å². The number of rotatable bonds is 16. The largest absolute Gasteiger partial charge is 0.462 e. The van der Waals surface area contributed by atoms with E-state index in [1.807, 2.05) is 0 Å². The lowest BCUT2D eigenvalue weighted by atomic mass is 10.1. The summed E-state index contributed by atoms with van der Waals surface area (Å²) in [6, 6.07) is 6.74. The normalized spacial score (nSPS) is 13.3. The fourth-order valence-corrected chi connectivity index (χ4v) is 4.07. The summed E-state index contributed by atoms with van der Waals surface area (Å²) in [6.45, 7) is 7.67. The standard InChI is InChI=1S/C24H38O4.C6H13N/c1-3-5-7-9-11-15-19-27-23(25)21-17-13-14-18-22(21)24(26)28-20-16-12-10-8-6-4-2;1-2-4-6-7-5-3-1/h13-14,17-18H,3-12,15-16,19-20H2,1-2H3;7H,1-6H2. The van der Waals surface area contributed by atoms with Crippen molar-refractivity contribution in [1.82, 2.24) is 5.32 Å². The van der Waals surface area contributed by atoms with Crippen LogP contribution in [-0.2, 0) is 9.47 Å². The lowest BCUT2D eigenvalue weighted by Crippen LogP contribution is -2.15. The van der Waals surface area contributed by atoms with Gasteiger partial charge in [-0.05, 0) is 50.9 Å². The molecule has 1 aromatic carbocycles. The van der Waals surface area contributed by atoms with Crippen LogP contribution in [0.25, 0.3) is 0 Å². The van der Waals surface area contributed by atoms with Crippen molar-refractivity contribution in [2.75, 3.05) is 26.3 Å². The van der Waals surface area contributed by atoms with E-state index in [2.05, 4.69) is 19.2 Å². The van der Waals surface area contributed by atoms with E-state index in [0.717, 1.165) is 25.7 Å². The average molecular weight is 490 g/mol. The molecule has 1 saturated heterocycles. The molecule has 200 valence electrons. The second kappa shape index (κ2) is 22.6. The second-order valence-corrected chi connectivity index (χ2v) is 9.52. The first-order valence-electron chi connectivity index (χ1n) is 14.3. The van der Waals surface area contributed by atoms with Crippen molar-refractivity contribution in [3.05, 3.63) is 35.4 Å². The predicted octanol–water partition coefficient (Wildman–Crippen LogP) is 7.87. The van der Waals surface area contributed by atoms with Gasteiger partial charge in [-0.3, -0.25) is 0 Å². The third kappa shape index (κ3) is 16.4. The van der Waals surface area contributed by atoms with Gasteiger partial charge in [0.2, 0.25) is 0 Å². The summed E-state index contributed by atoms with van der Waals surface area (Å²) in [4.78, 5) is 24.7. The quantitative estimate of drug-likeness (QED) is 0.189. The molecule has 35 heavy (non-hydrogen) atoms. The SMILES string of the molecule is C1CCCNCC1.CCCCCCCCOC(=O)c1ccccc1C(=O)OCCCCCCCC. The highest BCUT2D eigenvalue weighted by molar-refractivity contribution is 6.03. The molecule has 0 saturated carbocycles. The van der Waals surface area contributed by atoms with Gasteiger partial charge in [0.25, 0.3) is 0 Å². The number of hydrogen-bond donors (Lipinski definition) is 1. The fourth-order valence-electron chi connectivity index (χ4n) is 4.07. The van der Waals surface area contributed by atoms with Gasteiger partial charge in [-0.2, -0.15) is 0 Å². The predicted molar refractivity (Wildman–Crippen MR) is 145 cm³/mol. The van der Waals surface area contributed by atoms with Gasteiger partial charge in [0, 0.05) is 0 Å². The first-order valence-corrected chi connectivity index (χ1v) is 14.3. The van der Waals surface area contributed by atoms with Crippen LogP contribution in [0.3, 0.4) is 0 Å². The van der Waals surface area contributed by atoms with E-state index < -0.39 is 11.9 Å². The summed E-state index contributed by atoms with van der Waals surface area (Å²) in [6.07, 6.45) is 19.3. The molecule has 0 amide bonds. The third-order valence-corrected chi connectivity index (χ3v) is 6.29. The number of nitrogens with one attached hydrogen (secondary N) is 1. The zero-order valence-corrected chi connectivity index (χ0v) is 22.6. The van der Waals surface area contributed by atoms with Crippen molar-refractivity contribution in [3.8, 4) is 0 Å². The van der Waals surface area contributed by atoms with Crippen molar-refractivity contribution in [2.45, 2.75) is 117 Å². The molecule has 1 aliphatic rings. The van der Waals surface area contributed by atoms with Crippen molar-refractivity contribution >= 4 is 11.9 Å². The molecule has 1 N–H and O–H groups in total. The molecule has 1 aliphatic heterocycles. The summed E-state index contributed by atoms with van der Waals surface area (Å²) in [5.74, 6) is -0.888. The van der Waals surface area contributed by atoms with Crippen LogP contribution in [0.5, 0.6) is 0 Å². The van der Waals surface area contributed by atoms with E-state index in [4.69, 9.17) is 9.47 Å². The zero-order valence-electron chi connectivity index (χ0n) is 22.6. The third-order valence-electron chi connectivity index (χ3n) is 6.29.